The third kappa shape index (κ3) is 3.09. The molecule has 94 valence electrons. The average molecular weight is 249 g/mol. The van der Waals surface area contributed by atoms with Crippen LogP contribution < -0.4 is 5.32 Å². The normalized spacial score (nSPS) is 26.6. The molecule has 5 heteroatoms. The molecule has 0 aromatic rings. The van der Waals surface area contributed by atoms with Crippen molar-refractivity contribution >= 4 is 18.3 Å². The largest absolute Gasteiger partial charge is 0.381 e. The summed E-state index contributed by atoms with van der Waals surface area (Å²) in [5, 5.41) is 3.23. The highest BCUT2D eigenvalue weighted by molar-refractivity contribution is 5.85. The van der Waals surface area contributed by atoms with Crippen molar-refractivity contribution in [3.8, 4) is 0 Å². The number of hydrogen-bond donors (Lipinski definition) is 1. The predicted octanol–water partition coefficient (Wildman–Crippen LogP) is 0.655. The lowest BCUT2D eigenvalue weighted by Crippen LogP contribution is -2.39. The molecule has 0 radical (unpaired) electrons. The van der Waals surface area contributed by atoms with Crippen molar-refractivity contribution in [3.05, 3.63) is 0 Å². The fraction of sp³-hybridized carbons (Fsp3) is 0.909. The second-order valence-corrected chi connectivity index (χ2v) is 4.45. The van der Waals surface area contributed by atoms with Crippen molar-refractivity contribution in [1.82, 2.24) is 10.2 Å². The molecule has 1 amide bonds. The van der Waals surface area contributed by atoms with E-state index in [9.17, 15) is 4.79 Å². The van der Waals surface area contributed by atoms with Crippen molar-refractivity contribution in [3.63, 3.8) is 0 Å². The molecule has 2 aliphatic heterocycles. The Morgan fingerprint density at radius 1 is 1.31 bits per heavy atom. The summed E-state index contributed by atoms with van der Waals surface area (Å²) in [4.78, 5) is 14.1. The first kappa shape index (κ1) is 13.7. The van der Waals surface area contributed by atoms with Gasteiger partial charge in [-0.15, -0.1) is 12.4 Å². The standard InChI is InChI=1S/C11H20N2O2.ClH/c1-12-10-2-5-13(8-10)11(14)9-3-6-15-7-4-9;/h9-10,12H,2-8H2,1H3;1H/t10-;/m0./s1. The summed E-state index contributed by atoms with van der Waals surface area (Å²) in [5.41, 5.74) is 0. The molecule has 2 heterocycles. The van der Waals surface area contributed by atoms with E-state index >= 15 is 0 Å². The number of rotatable bonds is 2. The van der Waals surface area contributed by atoms with Gasteiger partial charge in [-0.05, 0) is 26.3 Å². The number of nitrogens with one attached hydrogen (secondary N) is 1. The van der Waals surface area contributed by atoms with Crippen LogP contribution >= 0.6 is 12.4 Å². The predicted molar refractivity (Wildman–Crippen MR) is 64.8 cm³/mol. The monoisotopic (exact) mass is 248 g/mol. The molecule has 0 saturated carbocycles. The van der Waals surface area contributed by atoms with Crippen molar-refractivity contribution in [1.29, 1.82) is 0 Å². The Kier molecular flexibility index (Phi) is 5.52. The van der Waals surface area contributed by atoms with Gasteiger partial charge in [0, 0.05) is 38.3 Å². The van der Waals surface area contributed by atoms with Gasteiger partial charge in [-0.25, -0.2) is 0 Å². The van der Waals surface area contributed by atoms with Crippen LogP contribution in [0.15, 0.2) is 0 Å². The highest BCUT2D eigenvalue weighted by Crippen LogP contribution is 2.20. The molecule has 2 fully saturated rings. The van der Waals surface area contributed by atoms with Gasteiger partial charge in [0.25, 0.3) is 0 Å². The topological polar surface area (TPSA) is 41.6 Å². The van der Waals surface area contributed by atoms with Crippen molar-refractivity contribution in [2.75, 3.05) is 33.4 Å². The minimum absolute atomic E-state index is 0. The molecule has 0 aromatic carbocycles. The molecule has 16 heavy (non-hydrogen) atoms. The first-order valence-corrected chi connectivity index (χ1v) is 5.85. The Labute approximate surface area is 103 Å². The summed E-state index contributed by atoms with van der Waals surface area (Å²) in [6.45, 7) is 3.30. The van der Waals surface area contributed by atoms with Gasteiger partial charge in [-0.3, -0.25) is 4.79 Å². The van der Waals surface area contributed by atoms with Crippen LogP contribution in [0.1, 0.15) is 19.3 Å². The zero-order valence-electron chi connectivity index (χ0n) is 9.78. The molecule has 0 spiro atoms. The fourth-order valence-corrected chi connectivity index (χ4v) is 2.40. The fourth-order valence-electron chi connectivity index (χ4n) is 2.40. The number of nitrogens with zero attached hydrogens (tertiary/aromatic N) is 1. The van der Waals surface area contributed by atoms with Gasteiger partial charge in [0.1, 0.15) is 0 Å². The molecule has 1 atom stereocenters. The van der Waals surface area contributed by atoms with Crippen LogP contribution in [0.5, 0.6) is 0 Å². The maximum atomic E-state index is 12.1. The molecule has 0 aromatic heterocycles. The van der Waals surface area contributed by atoms with Crippen LogP contribution in [0, 0.1) is 5.92 Å². The van der Waals surface area contributed by atoms with Crippen LogP contribution in [0.4, 0.5) is 0 Å². The number of carbonyl (C=O) groups excluding carboxylic acids is 1. The Morgan fingerprint density at radius 2 is 2.00 bits per heavy atom. The van der Waals surface area contributed by atoms with Gasteiger partial charge in [0.15, 0.2) is 0 Å². The van der Waals surface area contributed by atoms with Crippen molar-refractivity contribution in [2.45, 2.75) is 25.3 Å². The van der Waals surface area contributed by atoms with E-state index in [0.29, 0.717) is 11.9 Å². The van der Waals surface area contributed by atoms with Gasteiger partial charge in [-0.2, -0.15) is 0 Å². The van der Waals surface area contributed by atoms with Crippen molar-refractivity contribution in [2.24, 2.45) is 5.92 Å². The van der Waals surface area contributed by atoms with E-state index in [1.807, 2.05) is 11.9 Å². The molecular weight excluding hydrogens is 228 g/mol. The molecule has 2 aliphatic rings. The van der Waals surface area contributed by atoms with Crippen LogP contribution in [0.25, 0.3) is 0 Å². The van der Waals surface area contributed by atoms with Gasteiger partial charge >= 0.3 is 0 Å². The number of ether oxygens (including phenoxy) is 1. The summed E-state index contributed by atoms with van der Waals surface area (Å²) in [6, 6.07) is 0.494. The lowest BCUT2D eigenvalue weighted by molar-refractivity contribution is -0.137. The molecule has 4 nitrogen and oxygen atoms in total. The van der Waals surface area contributed by atoms with Crippen LogP contribution in [-0.4, -0.2) is 50.2 Å². The van der Waals surface area contributed by atoms with Crippen LogP contribution in [0.3, 0.4) is 0 Å². The molecule has 0 bridgehead atoms. The van der Waals surface area contributed by atoms with E-state index in [0.717, 1.165) is 45.6 Å². The van der Waals surface area contributed by atoms with E-state index in [4.69, 9.17) is 4.74 Å². The third-order valence-corrected chi connectivity index (χ3v) is 3.48. The van der Waals surface area contributed by atoms with E-state index in [1.54, 1.807) is 0 Å². The second kappa shape index (κ2) is 6.42. The van der Waals surface area contributed by atoms with E-state index in [1.165, 1.54) is 0 Å². The van der Waals surface area contributed by atoms with E-state index in [2.05, 4.69) is 5.32 Å². The number of likely N-dealkylation sites (tertiary alicyclic amines) is 1. The zero-order chi connectivity index (χ0) is 10.7. The first-order chi connectivity index (χ1) is 7.31. The number of halogens is 1. The lowest BCUT2D eigenvalue weighted by atomic mass is 9.99. The smallest absolute Gasteiger partial charge is 0.225 e. The summed E-state index contributed by atoms with van der Waals surface area (Å²) in [6.07, 6.45) is 2.89. The Hall–Kier alpha value is -0.320. The molecule has 2 rings (SSSR count). The summed E-state index contributed by atoms with van der Waals surface area (Å²) in [5.74, 6) is 0.561. The van der Waals surface area contributed by atoms with Crippen molar-refractivity contribution < 1.29 is 9.53 Å². The average Bonchev–Trinajstić information content (AvgIpc) is 2.78. The van der Waals surface area contributed by atoms with Crippen LogP contribution in [0.2, 0.25) is 0 Å². The van der Waals surface area contributed by atoms with E-state index < -0.39 is 0 Å². The summed E-state index contributed by atoms with van der Waals surface area (Å²) < 4.78 is 5.27. The summed E-state index contributed by atoms with van der Waals surface area (Å²) in [7, 11) is 1.97. The maximum Gasteiger partial charge on any atom is 0.225 e. The number of carbonyl (C=O) groups is 1. The Balaban J connectivity index is 0.00000128. The van der Waals surface area contributed by atoms with Gasteiger partial charge < -0.3 is 15.0 Å². The van der Waals surface area contributed by atoms with Gasteiger partial charge in [-0.1, -0.05) is 0 Å². The first-order valence-electron chi connectivity index (χ1n) is 5.85. The minimum Gasteiger partial charge on any atom is -0.381 e. The lowest BCUT2D eigenvalue weighted by Gasteiger charge is -2.26. The third-order valence-electron chi connectivity index (χ3n) is 3.48. The number of hydrogen-bond acceptors (Lipinski definition) is 3. The molecule has 0 unspecified atom stereocenters. The molecular formula is C11H21ClN2O2. The Bertz CT molecular complexity index is 232. The maximum absolute atomic E-state index is 12.1. The summed E-state index contributed by atoms with van der Waals surface area (Å²) >= 11 is 0. The molecule has 1 N–H and O–H groups in total. The highest BCUT2D eigenvalue weighted by atomic mass is 35.5. The SMILES string of the molecule is CN[C@H]1CCN(C(=O)C2CCOCC2)C1.Cl. The minimum atomic E-state index is 0. The highest BCUT2D eigenvalue weighted by Gasteiger charge is 2.30. The quantitative estimate of drug-likeness (QED) is 0.781. The Morgan fingerprint density at radius 3 is 2.56 bits per heavy atom. The zero-order valence-corrected chi connectivity index (χ0v) is 10.6. The second-order valence-electron chi connectivity index (χ2n) is 4.45. The molecule has 2 saturated heterocycles. The number of amides is 1. The van der Waals surface area contributed by atoms with Crippen LogP contribution in [-0.2, 0) is 9.53 Å². The van der Waals surface area contributed by atoms with Gasteiger partial charge in [0.2, 0.25) is 5.91 Å². The molecule has 0 aliphatic carbocycles. The number of likely N-dealkylation sites (N-methyl/N-ethyl adjacent to an activating group) is 1. The van der Waals surface area contributed by atoms with E-state index in [-0.39, 0.29) is 18.3 Å². The van der Waals surface area contributed by atoms with Gasteiger partial charge in [0.05, 0.1) is 0 Å².